The molecule has 0 aliphatic rings. The minimum atomic E-state index is -0.801. The second-order valence-corrected chi connectivity index (χ2v) is 6.75. The Morgan fingerprint density at radius 2 is 1.23 bits per heavy atom. The van der Waals surface area contributed by atoms with Crippen molar-refractivity contribution in [3.63, 3.8) is 0 Å². The molecular weight excluding hydrogens is 380 g/mol. The summed E-state index contributed by atoms with van der Waals surface area (Å²) in [6.45, 7) is 4.66. The lowest BCUT2D eigenvalue weighted by atomic mass is 10.1. The van der Waals surface area contributed by atoms with E-state index in [1.165, 1.54) is 0 Å². The Hall–Kier alpha value is -3.73. The van der Waals surface area contributed by atoms with Gasteiger partial charge < -0.3 is 19.3 Å². The van der Waals surface area contributed by atoms with Gasteiger partial charge in [0.1, 0.15) is 36.2 Å². The third kappa shape index (κ3) is 7.02. The summed E-state index contributed by atoms with van der Waals surface area (Å²) in [5, 5.41) is 8.73. The van der Waals surface area contributed by atoms with Crippen LogP contribution >= 0.6 is 0 Å². The molecule has 0 saturated carbocycles. The van der Waals surface area contributed by atoms with Crippen LogP contribution in [-0.2, 0) is 11.2 Å². The van der Waals surface area contributed by atoms with Crippen LogP contribution in [0.1, 0.15) is 12.0 Å². The highest BCUT2D eigenvalue weighted by molar-refractivity contribution is 5.67. The monoisotopic (exact) mass is 404 g/mol. The van der Waals surface area contributed by atoms with Crippen molar-refractivity contribution in [1.82, 2.24) is 0 Å². The molecule has 0 spiro atoms. The van der Waals surface area contributed by atoms with Gasteiger partial charge in [-0.25, -0.2) is 0 Å². The van der Waals surface area contributed by atoms with Crippen LogP contribution < -0.4 is 14.2 Å². The van der Waals surface area contributed by atoms with Crippen LogP contribution in [0.25, 0.3) is 0 Å². The van der Waals surface area contributed by atoms with Crippen molar-refractivity contribution in [2.75, 3.05) is 13.2 Å². The van der Waals surface area contributed by atoms with Gasteiger partial charge in [-0.05, 0) is 66.1 Å². The average molecular weight is 404 g/mol. The van der Waals surface area contributed by atoms with E-state index in [1.54, 1.807) is 0 Å². The van der Waals surface area contributed by atoms with E-state index in [1.807, 2.05) is 78.9 Å². The molecule has 30 heavy (non-hydrogen) atoms. The topological polar surface area (TPSA) is 65.0 Å². The number of ether oxygens (including phenoxy) is 3. The Kier molecular flexibility index (Phi) is 7.50. The molecular formula is C25H24O5. The second-order valence-electron chi connectivity index (χ2n) is 6.75. The molecule has 0 saturated heterocycles. The van der Waals surface area contributed by atoms with Crippen LogP contribution in [0.3, 0.4) is 0 Å². The van der Waals surface area contributed by atoms with Crippen molar-refractivity contribution in [1.29, 1.82) is 0 Å². The van der Waals surface area contributed by atoms with Crippen molar-refractivity contribution in [2.45, 2.75) is 12.8 Å². The molecule has 0 atom stereocenters. The normalized spacial score (nSPS) is 10.3. The summed E-state index contributed by atoms with van der Waals surface area (Å²) in [5.74, 6) is 2.15. The fourth-order valence-corrected chi connectivity index (χ4v) is 2.64. The van der Waals surface area contributed by atoms with Crippen molar-refractivity contribution < 1.29 is 24.1 Å². The summed E-state index contributed by atoms with van der Waals surface area (Å²) in [6, 6.07) is 24.4. The summed E-state index contributed by atoms with van der Waals surface area (Å²) >= 11 is 0. The molecule has 0 aliphatic carbocycles. The quantitative estimate of drug-likeness (QED) is 0.427. The van der Waals surface area contributed by atoms with Gasteiger partial charge in [0.2, 0.25) is 0 Å². The van der Waals surface area contributed by atoms with Crippen molar-refractivity contribution in [3.05, 3.63) is 96.6 Å². The van der Waals surface area contributed by atoms with E-state index in [4.69, 9.17) is 19.3 Å². The minimum absolute atomic E-state index is 0.119. The molecule has 154 valence electrons. The SMILES string of the molecule is C=C(COc1ccc(CCC(=O)O)cc1)COc1ccc(Oc2ccccc2)cc1. The van der Waals surface area contributed by atoms with Gasteiger partial charge in [0, 0.05) is 6.42 Å². The van der Waals surface area contributed by atoms with E-state index in [9.17, 15) is 4.79 Å². The molecule has 5 nitrogen and oxygen atoms in total. The van der Waals surface area contributed by atoms with Crippen LogP contribution in [0, 0.1) is 0 Å². The van der Waals surface area contributed by atoms with E-state index in [2.05, 4.69) is 6.58 Å². The lowest BCUT2D eigenvalue weighted by Gasteiger charge is -2.11. The minimum Gasteiger partial charge on any atom is -0.489 e. The van der Waals surface area contributed by atoms with Gasteiger partial charge in [0.05, 0.1) is 0 Å². The predicted molar refractivity (Wildman–Crippen MR) is 115 cm³/mol. The first-order valence-corrected chi connectivity index (χ1v) is 9.64. The molecule has 3 aromatic carbocycles. The van der Waals surface area contributed by atoms with E-state index in [0.29, 0.717) is 25.4 Å². The Labute approximate surface area is 176 Å². The molecule has 0 heterocycles. The summed E-state index contributed by atoms with van der Waals surface area (Å²) < 4.78 is 17.2. The van der Waals surface area contributed by atoms with Crippen LogP contribution in [-0.4, -0.2) is 24.3 Å². The zero-order chi connectivity index (χ0) is 21.2. The van der Waals surface area contributed by atoms with Gasteiger partial charge in [-0.1, -0.05) is 36.9 Å². The highest BCUT2D eigenvalue weighted by atomic mass is 16.5. The lowest BCUT2D eigenvalue weighted by Crippen LogP contribution is -2.08. The molecule has 0 bridgehead atoms. The number of para-hydroxylation sites is 1. The van der Waals surface area contributed by atoms with Gasteiger partial charge in [0.15, 0.2) is 0 Å². The van der Waals surface area contributed by atoms with Gasteiger partial charge in [0.25, 0.3) is 0 Å². The largest absolute Gasteiger partial charge is 0.489 e. The van der Waals surface area contributed by atoms with E-state index in [-0.39, 0.29) is 6.42 Å². The van der Waals surface area contributed by atoms with E-state index in [0.717, 1.165) is 28.4 Å². The number of rotatable bonds is 11. The Morgan fingerprint density at radius 3 is 1.80 bits per heavy atom. The van der Waals surface area contributed by atoms with E-state index < -0.39 is 5.97 Å². The maximum Gasteiger partial charge on any atom is 0.303 e. The maximum atomic E-state index is 10.6. The fraction of sp³-hybridized carbons (Fsp3) is 0.160. The molecule has 0 unspecified atom stereocenters. The zero-order valence-electron chi connectivity index (χ0n) is 16.6. The number of hydrogen-bond donors (Lipinski definition) is 1. The highest BCUT2D eigenvalue weighted by Gasteiger charge is 2.03. The maximum absolute atomic E-state index is 10.6. The predicted octanol–water partition coefficient (Wildman–Crippen LogP) is 5.51. The molecule has 3 rings (SSSR count). The smallest absolute Gasteiger partial charge is 0.303 e. The summed E-state index contributed by atoms with van der Waals surface area (Å²) in [5.41, 5.74) is 1.76. The number of hydrogen-bond acceptors (Lipinski definition) is 4. The third-order valence-electron chi connectivity index (χ3n) is 4.24. The van der Waals surface area contributed by atoms with Gasteiger partial charge in [-0.2, -0.15) is 0 Å². The number of carboxylic acid groups (broad SMARTS) is 1. The van der Waals surface area contributed by atoms with Crippen molar-refractivity contribution >= 4 is 5.97 Å². The average Bonchev–Trinajstić information content (AvgIpc) is 2.77. The van der Waals surface area contributed by atoms with Gasteiger partial charge in [-0.15, -0.1) is 0 Å². The number of benzene rings is 3. The first-order valence-electron chi connectivity index (χ1n) is 9.64. The summed E-state index contributed by atoms with van der Waals surface area (Å²) in [4.78, 5) is 10.6. The standard InChI is InChI=1S/C25H24O5/c1-19(17-28-21-10-7-20(8-11-21)9-16-25(26)27)18-29-22-12-14-24(15-13-22)30-23-5-3-2-4-6-23/h2-8,10-15H,1,9,16-18H2,(H,26,27). The van der Waals surface area contributed by atoms with Crippen LogP contribution in [0.4, 0.5) is 0 Å². The van der Waals surface area contributed by atoms with Crippen molar-refractivity contribution in [3.8, 4) is 23.0 Å². The molecule has 0 amide bonds. The fourth-order valence-electron chi connectivity index (χ4n) is 2.64. The number of aliphatic carboxylic acids is 1. The molecule has 0 aromatic heterocycles. The number of aryl methyl sites for hydroxylation is 1. The second kappa shape index (κ2) is 10.7. The van der Waals surface area contributed by atoms with Crippen LogP contribution in [0.15, 0.2) is 91.0 Å². The highest BCUT2D eigenvalue weighted by Crippen LogP contribution is 2.23. The van der Waals surface area contributed by atoms with E-state index >= 15 is 0 Å². The van der Waals surface area contributed by atoms with Gasteiger partial charge >= 0.3 is 5.97 Å². The molecule has 0 aliphatic heterocycles. The Morgan fingerprint density at radius 1 is 0.733 bits per heavy atom. The molecule has 5 heteroatoms. The number of carbonyl (C=O) groups is 1. The van der Waals surface area contributed by atoms with Crippen LogP contribution in [0.5, 0.6) is 23.0 Å². The van der Waals surface area contributed by atoms with Crippen LogP contribution in [0.2, 0.25) is 0 Å². The lowest BCUT2D eigenvalue weighted by molar-refractivity contribution is -0.136. The number of carboxylic acids is 1. The summed E-state index contributed by atoms with van der Waals surface area (Å²) in [7, 11) is 0. The molecule has 0 radical (unpaired) electrons. The molecule has 0 fully saturated rings. The zero-order valence-corrected chi connectivity index (χ0v) is 16.6. The Bertz CT molecular complexity index is 947. The molecule has 1 N–H and O–H groups in total. The first kappa shape index (κ1) is 21.0. The molecule has 3 aromatic rings. The third-order valence-corrected chi connectivity index (χ3v) is 4.24. The first-order chi connectivity index (χ1) is 14.6. The van der Waals surface area contributed by atoms with Crippen molar-refractivity contribution in [2.24, 2.45) is 0 Å². The van der Waals surface area contributed by atoms with Gasteiger partial charge in [-0.3, -0.25) is 4.79 Å². The summed E-state index contributed by atoms with van der Waals surface area (Å²) in [6.07, 6.45) is 0.624. The Balaban J connectivity index is 1.39.